The van der Waals surface area contributed by atoms with Gasteiger partial charge in [0.2, 0.25) is 0 Å². The molecule has 0 aliphatic carbocycles. The predicted molar refractivity (Wildman–Crippen MR) is 130 cm³/mol. The SMILES string of the molecule is CI.Cc1oc2ccc(OC(C)c3ccccc3C(F)(F)F)cc2c1C(=O)NC1CCNC1. The van der Waals surface area contributed by atoms with Gasteiger partial charge in [-0.1, -0.05) is 40.8 Å². The van der Waals surface area contributed by atoms with E-state index in [0.29, 0.717) is 34.6 Å². The van der Waals surface area contributed by atoms with Crippen molar-refractivity contribution in [1.29, 1.82) is 0 Å². The summed E-state index contributed by atoms with van der Waals surface area (Å²) in [6, 6.07) is 10.3. The minimum atomic E-state index is -4.47. The second kappa shape index (κ2) is 10.8. The summed E-state index contributed by atoms with van der Waals surface area (Å²) in [5, 5.41) is 6.76. The molecule has 1 fully saturated rings. The quantitative estimate of drug-likeness (QED) is 0.288. The van der Waals surface area contributed by atoms with Gasteiger partial charge in [-0.3, -0.25) is 4.79 Å². The maximum absolute atomic E-state index is 13.4. The number of benzene rings is 2. The van der Waals surface area contributed by atoms with Gasteiger partial charge in [-0.25, -0.2) is 0 Å². The van der Waals surface area contributed by atoms with Crippen LogP contribution in [-0.2, 0) is 6.18 Å². The van der Waals surface area contributed by atoms with Crippen LogP contribution in [-0.4, -0.2) is 30.0 Å². The Morgan fingerprint density at radius 1 is 1.24 bits per heavy atom. The summed E-state index contributed by atoms with van der Waals surface area (Å²) in [5.41, 5.74) is 0.247. The Labute approximate surface area is 204 Å². The molecule has 1 aliphatic heterocycles. The van der Waals surface area contributed by atoms with Crippen LogP contribution in [0.4, 0.5) is 13.2 Å². The Morgan fingerprint density at radius 2 is 1.97 bits per heavy atom. The summed E-state index contributed by atoms with van der Waals surface area (Å²) in [6.45, 7) is 4.84. The number of halogens is 4. The zero-order valence-corrected chi connectivity index (χ0v) is 20.7. The van der Waals surface area contributed by atoms with Crippen molar-refractivity contribution in [3.63, 3.8) is 0 Å². The van der Waals surface area contributed by atoms with Crippen LogP contribution in [0, 0.1) is 6.92 Å². The van der Waals surface area contributed by atoms with E-state index in [1.54, 1.807) is 38.1 Å². The summed E-state index contributed by atoms with van der Waals surface area (Å²) in [7, 11) is 0. The van der Waals surface area contributed by atoms with E-state index in [4.69, 9.17) is 9.15 Å². The molecule has 5 nitrogen and oxygen atoms in total. The van der Waals surface area contributed by atoms with Gasteiger partial charge in [0, 0.05) is 23.5 Å². The Hall–Kier alpha value is -2.27. The standard InChI is InChI=1S/C23H23F3N2O3.CH3I/c1-13(17-5-3-4-6-19(17)23(24,25)26)30-16-7-8-20-18(11-16)21(14(2)31-20)22(29)28-15-9-10-27-12-15;1-2/h3-8,11,13,15,27H,9-10,12H2,1-2H3,(H,28,29);1H3. The third-order valence-corrected chi connectivity index (χ3v) is 5.48. The molecule has 0 bridgehead atoms. The van der Waals surface area contributed by atoms with Gasteiger partial charge in [0.25, 0.3) is 5.91 Å². The van der Waals surface area contributed by atoms with Crippen molar-refractivity contribution in [2.45, 2.75) is 38.6 Å². The average molecular weight is 574 g/mol. The molecule has 2 N–H and O–H groups in total. The van der Waals surface area contributed by atoms with E-state index in [0.717, 1.165) is 19.0 Å². The zero-order valence-electron chi connectivity index (χ0n) is 18.6. The zero-order chi connectivity index (χ0) is 24.2. The minimum Gasteiger partial charge on any atom is -0.486 e. The number of carbonyl (C=O) groups excluding carboxylic acids is 1. The van der Waals surface area contributed by atoms with Crippen molar-refractivity contribution in [1.82, 2.24) is 10.6 Å². The topological polar surface area (TPSA) is 63.5 Å². The molecule has 1 aromatic heterocycles. The second-order valence-corrected chi connectivity index (χ2v) is 7.70. The Bertz CT molecular complexity index is 1110. The van der Waals surface area contributed by atoms with Gasteiger partial charge in [0.1, 0.15) is 23.2 Å². The van der Waals surface area contributed by atoms with Crippen LogP contribution in [0.3, 0.4) is 0 Å². The highest BCUT2D eigenvalue weighted by Crippen LogP contribution is 2.37. The van der Waals surface area contributed by atoms with Crippen LogP contribution in [0.15, 0.2) is 46.9 Å². The Kier molecular flexibility index (Phi) is 8.28. The average Bonchev–Trinajstić information content (AvgIpc) is 3.41. The fourth-order valence-corrected chi connectivity index (χ4v) is 3.97. The number of hydrogen-bond acceptors (Lipinski definition) is 4. The van der Waals surface area contributed by atoms with Crippen LogP contribution in [0.25, 0.3) is 11.0 Å². The minimum absolute atomic E-state index is 0.0465. The van der Waals surface area contributed by atoms with Crippen LogP contribution >= 0.6 is 22.6 Å². The summed E-state index contributed by atoms with van der Waals surface area (Å²) in [4.78, 5) is 14.8. The van der Waals surface area contributed by atoms with Crippen molar-refractivity contribution in [2.24, 2.45) is 0 Å². The number of furan rings is 1. The van der Waals surface area contributed by atoms with E-state index in [9.17, 15) is 18.0 Å². The second-order valence-electron chi connectivity index (χ2n) is 7.70. The molecule has 178 valence electrons. The van der Waals surface area contributed by atoms with E-state index < -0.39 is 17.8 Å². The number of ether oxygens (including phenoxy) is 1. The molecular weight excluding hydrogens is 548 g/mol. The fourth-order valence-electron chi connectivity index (χ4n) is 3.97. The van der Waals surface area contributed by atoms with Gasteiger partial charge in [0.05, 0.1) is 11.1 Å². The van der Waals surface area contributed by atoms with Gasteiger partial charge in [0.15, 0.2) is 0 Å². The lowest BCUT2D eigenvalue weighted by Gasteiger charge is -2.20. The van der Waals surface area contributed by atoms with Gasteiger partial charge >= 0.3 is 6.18 Å². The lowest BCUT2D eigenvalue weighted by atomic mass is 10.0. The van der Waals surface area contributed by atoms with Crippen molar-refractivity contribution >= 4 is 39.5 Å². The third-order valence-electron chi connectivity index (χ3n) is 5.48. The molecule has 9 heteroatoms. The van der Waals surface area contributed by atoms with Crippen LogP contribution in [0.5, 0.6) is 5.75 Å². The molecule has 0 spiro atoms. The van der Waals surface area contributed by atoms with Crippen LogP contribution < -0.4 is 15.4 Å². The third kappa shape index (κ3) is 5.81. The monoisotopic (exact) mass is 574 g/mol. The van der Waals surface area contributed by atoms with E-state index in [2.05, 4.69) is 33.2 Å². The predicted octanol–water partition coefficient (Wildman–Crippen LogP) is 6.04. The van der Waals surface area contributed by atoms with Gasteiger partial charge in [-0.15, -0.1) is 0 Å². The van der Waals surface area contributed by atoms with E-state index in [1.165, 1.54) is 12.1 Å². The molecule has 2 heterocycles. The first-order valence-electron chi connectivity index (χ1n) is 10.5. The smallest absolute Gasteiger partial charge is 0.416 e. The van der Waals surface area contributed by atoms with E-state index in [1.807, 2.05) is 4.93 Å². The molecule has 2 atom stereocenters. The molecule has 0 radical (unpaired) electrons. The molecule has 4 rings (SSSR count). The summed E-state index contributed by atoms with van der Waals surface area (Å²) in [5.74, 6) is 0.595. The highest BCUT2D eigenvalue weighted by molar-refractivity contribution is 14.1. The van der Waals surface area contributed by atoms with E-state index >= 15 is 0 Å². The molecule has 33 heavy (non-hydrogen) atoms. The summed E-state index contributed by atoms with van der Waals surface area (Å²) >= 11 is 2.15. The highest BCUT2D eigenvalue weighted by Gasteiger charge is 2.34. The molecular formula is C24H26F3IN2O3. The van der Waals surface area contributed by atoms with Crippen molar-refractivity contribution < 1.29 is 27.1 Å². The Balaban J connectivity index is 0.00000149. The molecule has 1 saturated heterocycles. The molecule has 2 aromatic carbocycles. The summed E-state index contributed by atoms with van der Waals surface area (Å²) in [6.07, 6.45) is -4.46. The normalized spacial score (nSPS) is 16.8. The van der Waals surface area contributed by atoms with Gasteiger partial charge < -0.3 is 19.8 Å². The molecule has 1 amide bonds. The molecule has 3 aromatic rings. The fraction of sp³-hybridized carbons (Fsp3) is 0.375. The van der Waals surface area contributed by atoms with Crippen molar-refractivity contribution in [2.75, 3.05) is 18.0 Å². The number of nitrogens with one attached hydrogen (secondary N) is 2. The number of aryl methyl sites for hydroxylation is 1. The maximum atomic E-state index is 13.4. The molecule has 1 aliphatic rings. The summed E-state index contributed by atoms with van der Waals surface area (Å²) < 4.78 is 51.6. The highest BCUT2D eigenvalue weighted by atomic mass is 127. The Morgan fingerprint density at radius 3 is 2.64 bits per heavy atom. The first-order chi connectivity index (χ1) is 15.7. The number of hydrogen-bond donors (Lipinski definition) is 2. The molecule has 2 unspecified atom stereocenters. The van der Waals surface area contributed by atoms with Gasteiger partial charge in [-0.2, -0.15) is 13.2 Å². The number of alkyl halides is 4. The lowest BCUT2D eigenvalue weighted by molar-refractivity contribution is -0.138. The number of rotatable bonds is 5. The number of amides is 1. The number of fused-ring (bicyclic) bond motifs is 1. The number of carbonyl (C=O) groups is 1. The first-order valence-corrected chi connectivity index (χ1v) is 12.6. The molecule has 0 saturated carbocycles. The van der Waals surface area contributed by atoms with Crippen LogP contribution in [0.2, 0.25) is 0 Å². The first kappa shape index (κ1) is 25.4. The van der Waals surface area contributed by atoms with Gasteiger partial charge in [-0.05, 0) is 56.0 Å². The lowest BCUT2D eigenvalue weighted by Crippen LogP contribution is -2.36. The van der Waals surface area contributed by atoms with Crippen LogP contribution in [0.1, 0.15) is 46.7 Å². The maximum Gasteiger partial charge on any atom is 0.416 e. The largest absolute Gasteiger partial charge is 0.486 e. The van der Waals surface area contributed by atoms with E-state index in [-0.39, 0.29) is 17.5 Å². The van der Waals surface area contributed by atoms with Crippen molar-refractivity contribution in [3.05, 3.63) is 64.9 Å². The van der Waals surface area contributed by atoms with Crippen molar-refractivity contribution in [3.8, 4) is 5.75 Å².